The average Bonchev–Trinajstić information content (AvgIpc) is 2.30. The number of Topliss-reactive ketones (excluding diaryl/α,β-unsaturated/α-hetero) is 1. The molecule has 0 unspecified atom stereocenters. The molecule has 0 heterocycles. The summed E-state index contributed by atoms with van der Waals surface area (Å²) in [6.07, 6.45) is 2.30. The largest absolute Gasteiger partial charge is 0.300 e. The summed E-state index contributed by atoms with van der Waals surface area (Å²) in [4.78, 5) is 11.1. The Bertz CT molecular complexity index is 353. The topological polar surface area (TPSA) is 57.7 Å². The lowest BCUT2D eigenvalue weighted by Crippen LogP contribution is -2.47. The first-order valence-electron chi connectivity index (χ1n) is 6.18. The van der Waals surface area contributed by atoms with Gasteiger partial charge in [-0.05, 0) is 12.8 Å². The summed E-state index contributed by atoms with van der Waals surface area (Å²) in [6.45, 7) is 4.63. The summed E-state index contributed by atoms with van der Waals surface area (Å²) < 4.78 is 27.4. The maximum absolute atomic E-state index is 12.2. The third-order valence-electron chi connectivity index (χ3n) is 3.42. The lowest BCUT2D eigenvalue weighted by Gasteiger charge is -2.33. The zero-order valence-electron chi connectivity index (χ0n) is 10.8. The van der Waals surface area contributed by atoms with Crippen molar-refractivity contribution in [3.63, 3.8) is 0 Å². The quantitative estimate of drug-likeness (QED) is 0.743. The lowest BCUT2D eigenvalue weighted by atomic mass is 9.95. The summed E-state index contributed by atoms with van der Waals surface area (Å²) in [5.41, 5.74) is 0. The highest BCUT2D eigenvalue weighted by atomic mass is 32.2. The second-order valence-electron chi connectivity index (χ2n) is 4.38. The number of carbonyl (C=O) groups is 1. The van der Waals surface area contributed by atoms with Gasteiger partial charge < -0.3 is 0 Å². The van der Waals surface area contributed by atoms with Crippen molar-refractivity contribution < 1.29 is 13.2 Å². The maximum atomic E-state index is 12.2. The first-order valence-corrected chi connectivity index (χ1v) is 7.58. The molecule has 0 saturated heterocycles. The van der Waals surface area contributed by atoms with Crippen LogP contribution in [0.5, 0.6) is 0 Å². The number of nitrogens with zero attached hydrogens (tertiary/aromatic N) is 2. The van der Waals surface area contributed by atoms with Crippen LogP contribution in [0.3, 0.4) is 0 Å². The second kappa shape index (κ2) is 5.93. The Balaban J connectivity index is 2.74. The Morgan fingerprint density at radius 1 is 1.18 bits per heavy atom. The van der Waals surface area contributed by atoms with Gasteiger partial charge in [0.25, 0.3) is 10.2 Å². The first kappa shape index (κ1) is 14.6. The van der Waals surface area contributed by atoms with Crippen LogP contribution in [0.4, 0.5) is 0 Å². The molecular weight excluding hydrogens is 240 g/mol. The van der Waals surface area contributed by atoms with Crippen molar-refractivity contribution >= 4 is 16.0 Å². The van der Waals surface area contributed by atoms with Crippen LogP contribution in [0.15, 0.2) is 0 Å². The highest BCUT2D eigenvalue weighted by Gasteiger charge is 2.32. The summed E-state index contributed by atoms with van der Waals surface area (Å²) in [5, 5.41) is 0. The van der Waals surface area contributed by atoms with Crippen LogP contribution in [0, 0.1) is 0 Å². The number of rotatable bonds is 5. The molecule has 0 spiro atoms. The smallest absolute Gasteiger partial charge is 0.281 e. The minimum Gasteiger partial charge on any atom is -0.300 e. The molecule has 5 nitrogen and oxygen atoms in total. The maximum Gasteiger partial charge on any atom is 0.281 e. The monoisotopic (exact) mass is 262 g/mol. The van der Waals surface area contributed by atoms with Gasteiger partial charge in [0.15, 0.2) is 0 Å². The van der Waals surface area contributed by atoms with E-state index in [1.54, 1.807) is 7.05 Å². The number of ketones is 1. The zero-order valence-corrected chi connectivity index (χ0v) is 11.7. The molecule has 0 aliphatic heterocycles. The molecule has 0 aromatic carbocycles. The van der Waals surface area contributed by atoms with Gasteiger partial charge >= 0.3 is 0 Å². The molecule has 1 saturated carbocycles. The van der Waals surface area contributed by atoms with Crippen molar-refractivity contribution in [2.45, 2.75) is 45.6 Å². The van der Waals surface area contributed by atoms with Crippen LogP contribution in [0.1, 0.15) is 39.5 Å². The van der Waals surface area contributed by atoms with Crippen LogP contribution in [0.2, 0.25) is 0 Å². The molecule has 1 fully saturated rings. The predicted octanol–water partition coefficient (Wildman–Crippen LogP) is 1.02. The molecule has 17 heavy (non-hydrogen) atoms. The minimum absolute atomic E-state index is 0.0294. The fourth-order valence-electron chi connectivity index (χ4n) is 2.21. The Hall–Kier alpha value is -0.460. The molecule has 0 aromatic rings. The van der Waals surface area contributed by atoms with Gasteiger partial charge in [-0.2, -0.15) is 17.0 Å². The van der Waals surface area contributed by atoms with E-state index in [-0.39, 0.29) is 11.8 Å². The standard InChI is InChI=1S/C11H22N2O3S/c1-4-13(5-2)17(15,16)12(3)10-6-8-11(14)9-7-10/h10H,4-9H2,1-3H3. The van der Waals surface area contributed by atoms with Crippen LogP contribution < -0.4 is 0 Å². The Labute approximate surface area is 104 Å². The van der Waals surface area contributed by atoms with Gasteiger partial charge in [-0.1, -0.05) is 13.8 Å². The SMILES string of the molecule is CCN(CC)S(=O)(=O)N(C)C1CCC(=O)CC1. The normalized spacial score (nSPS) is 19.2. The molecule has 1 rings (SSSR count). The molecular formula is C11H22N2O3S. The van der Waals surface area contributed by atoms with E-state index in [0.29, 0.717) is 38.8 Å². The molecule has 0 N–H and O–H groups in total. The van der Waals surface area contributed by atoms with Gasteiger partial charge in [-0.3, -0.25) is 4.79 Å². The van der Waals surface area contributed by atoms with Gasteiger partial charge in [-0.25, -0.2) is 0 Å². The molecule has 0 atom stereocenters. The van der Waals surface area contributed by atoms with Crippen molar-refractivity contribution in [3.8, 4) is 0 Å². The van der Waals surface area contributed by atoms with E-state index in [1.165, 1.54) is 8.61 Å². The Morgan fingerprint density at radius 2 is 1.65 bits per heavy atom. The highest BCUT2D eigenvalue weighted by Crippen LogP contribution is 2.22. The molecule has 6 heteroatoms. The van der Waals surface area contributed by atoms with E-state index >= 15 is 0 Å². The van der Waals surface area contributed by atoms with Crippen molar-refractivity contribution in [3.05, 3.63) is 0 Å². The van der Waals surface area contributed by atoms with E-state index in [0.717, 1.165) is 0 Å². The number of hydrogen-bond donors (Lipinski definition) is 0. The molecule has 0 aromatic heterocycles. The van der Waals surface area contributed by atoms with Gasteiger partial charge in [0.1, 0.15) is 5.78 Å². The summed E-state index contributed by atoms with van der Waals surface area (Å²) in [6, 6.07) is -0.0294. The van der Waals surface area contributed by atoms with Crippen molar-refractivity contribution in [2.24, 2.45) is 0 Å². The summed E-state index contributed by atoms with van der Waals surface area (Å²) in [5.74, 6) is 0.245. The van der Waals surface area contributed by atoms with Gasteiger partial charge in [-0.15, -0.1) is 0 Å². The van der Waals surface area contributed by atoms with Crippen LogP contribution >= 0.6 is 0 Å². The van der Waals surface area contributed by atoms with Crippen molar-refractivity contribution in [1.29, 1.82) is 0 Å². The van der Waals surface area contributed by atoms with Crippen LogP contribution in [-0.2, 0) is 15.0 Å². The van der Waals surface area contributed by atoms with Crippen LogP contribution in [-0.4, -0.2) is 49.0 Å². The molecule has 1 aliphatic rings. The summed E-state index contributed by atoms with van der Waals surface area (Å²) >= 11 is 0. The second-order valence-corrected chi connectivity index (χ2v) is 6.37. The van der Waals surface area contributed by atoms with Gasteiger partial charge in [0.2, 0.25) is 0 Å². The molecule has 0 radical (unpaired) electrons. The average molecular weight is 262 g/mol. The Kier molecular flexibility index (Phi) is 5.09. The van der Waals surface area contributed by atoms with E-state index in [9.17, 15) is 13.2 Å². The third-order valence-corrected chi connectivity index (χ3v) is 5.62. The zero-order chi connectivity index (χ0) is 13.1. The highest BCUT2D eigenvalue weighted by molar-refractivity contribution is 7.86. The molecule has 0 amide bonds. The van der Waals surface area contributed by atoms with Crippen molar-refractivity contribution in [2.75, 3.05) is 20.1 Å². The third kappa shape index (κ3) is 3.26. The number of carbonyl (C=O) groups excluding carboxylic acids is 1. The fourth-order valence-corrected chi connectivity index (χ4v) is 3.81. The van der Waals surface area contributed by atoms with E-state index in [2.05, 4.69) is 0 Å². The Morgan fingerprint density at radius 3 is 2.06 bits per heavy atom. The van der Waals surface area contributed by atoms with E-state index < -0.39 is 10.2 Å². The van der Waals surface area contributed by atoms with Crippen LogP contribution in [0.25, 0.3) is 0 Å². The predicted molar refractivity (Wildman–Crippen MR) is 66.9 cm³/mol. The van der Waals surface area contributed by atoms with E-state index in [4.69, 9.17) is 0 Å². The molecule has 1 aliphatic carbocycles. The molecule has 0 bridgehead atoms. The van der Waals surface area contributed by atoms with Crippen molar-refractivity contribution in [1.82, 2.24) is 8.61 Å². The lowest BCUT2D eigenvalue weighted by molar-refractivity contribution is -0.120. The van der Waals surface area contributed by atoms with E-state index in [1.807, 2.05) is 13.8 Å². The van der Waals surface area contributed by atoms with Gasteiger partial charge in [0, 0.05) is 39.0 Å². The fraction of sp³-hybridized carbons (Fsp3) is 0.909. The van der Waals surface area contributed by atoms with Gasteiger partial charge in [0.05, 0.1) is 0 Å². The molecule has 100 valence electrons. The number of hydrogen-bond acceptors (Lipinski definition) is 3. The minimum atomic E-state index is -3.36. The summed E-state index contributed by atoms with van der Waals surface area (Å²) in [7, 11) is -1.74. The first-order chi connectivity index (χ1) is 7.93.